The predicted octanol–water partition coefficient (Wildman–Crippen LogP) is 3.07. The number of nitrogens with one attached hydrogen (secondary N) is 2. The summed E-state index contributed by atoms with van der Waals surface area (Å²) >= 11 is 0. The highest BCUT2D eigenvalue weighted by Crippen LogP contribution is 2.19. The lowest BCUT2D eigenvalue weighted by Gasteiger charge is -2.25. The molecular formula is C20H24FN3O2. The number of carbonyl (C=O) groups excluding carboxylic acids is 2. The smallest absolute Gasteiger partial charge is 0.251 e. The first-order valence-electron chi connectivity index (χ1n) is 8.36. The third kappa shape index (κ3) is 5.13. The number of nitrogens with two attached hydrogens (primary N) is 1. The molecule has 2 amide bonds. The van der Waals surface area contributed by atoms with E-state index in [2.05, 4.69) is 10.6 Å². The molecule has 0 unspecified atom stereocenters. The van der Waals surface area contributed by atoms with Crippen LogP contribution in [0.5, 0.6) is 0 Å². The van der Waals surface area contributed by atoms with Gasteiger partial charge < -0.3 is 16.4 Å². The maximum absolute atomic E-state index is 13.6. The molecule has 1 atom stereocenters. The van der Waals surface area contributed by atoms with Gasteiger partial charge in [0.15, 0.2) is 0 Å². The summed E-state index contributed by atoms with van der Waals surface area (Å²) in [5.41, 5.74) is 6.96. The van der Waals surface area contributed by atoms with Gasteiger partial charge in [-0.15, -0.1) is 0 Å². The minimum Gasteiger partial charge on any atom is -0.348 e. The van der Waals surface area contributed by atoms with E-state index in [-0.39, 0.29) is 29.6 Å². The highest BCUT2D eigenvalue weighted by atomic mass is 19.1. The summed E-state index contributed by atoms with van der Waals surface area (Å²) in [7, 11) is 0. The number of halogens is 1. The Hall–Kier alpha value is -2.73. The SMILES string of the molecule is CC(C)(C)[C@H](N)C(=O)Nc1ccc(C(=O)NCc2ccccc2F)cc1. The number of hydrogen-bond donors (Lipinski definition) is 3. The highest BCUT2D eigenvalue weighted by molar-refractivity contribution is 5.97. The van der Waals surface area contributed by atoms with E-state index in [1.165, 1.54) is 6.07 Å². The molecule has 5 nitrogen and oxygen atoms in total. The van der Waals surface area contributed by atoms with Gasteiger partial charge in [-0.05, 0) is 35.7 Å². The van der Waals surface area contributed by atoms with Crippen molar-refractivity contribution in [3.8, 4) is 0 Å². The fourth-order valence-electron chi connectivity index (χ4n) is 2.24. The van der Waals surface area contributed by atoms with Crippen LogP contribution in [0.4, 0.5) is 10.1 Å². The maximum atomic E-state index is 13.6. The Labute approximate surface area is 152 Å². The summed E-state index contributed by atoms with van der Waals surface area (Å²) in [5, 5.41) is 5.40. The Morgan fingerprint density at radius 1 is 1.08 bits per heavy atom. The third-order valence-corrected chi connectivity index (χ3v) is 4.03. The molecule has 0 heterocycles. The first kappa shape index (κ1) is 19.6. The Kier molecular flexibility index (Phi) is 6.10. The lowest BCUT2D eigenvalue weighted by atomic mass is 9.87. The topological polar surface area (TPSA) is 84.2 Å². The van der Waals surface area contributed by atoms with Crippen LogP contribution in [0.15, 0.2) is 48.5 Å². The van der Waals surface area contributed by atoms with E-state index < -0.39 is 6.04 Å². The summed E-state index contributed by atoms with van der Waals surface area (Å²) < 4.78 is 13.6. The molecule has 0 spiro atoms. The Bertz CT molecular complexity index is 782. The molecule has 2 aromatic rings. The van der Waals surface area contributed by atoms with Gasteiger partial charge in [0.2, 0.25) is 5.91 Å². The van der Waals surface area contributed by atoms with Crippen LogP contribution < -0.4 is 16.4 Å². The van der Waals surface area contributed by atoms with Gasteiger partial charge in [0.05, 0.1) is 6.04 Å². The van der Waals surface area contributed by atoms with Crippen molar-refractivity contribution in [3.63, 3.8) is 0 Å². The standard InChI is InChI=1S/C20H24FN3O2/c1-20(2,3)17(22)19(26)24-15-10-8-13(9-11-15)18(25)23-12-14-6-4-5-7-16(14)21/h4-11,17H,12,22H2,1-3H3,(H,23,25)(H,24,26)/t17-/m1/s1. The lowest BCUT2D eigenvalue weighted by Crippen LogP contribution is -2.45. The van der Waals surface area contributed by atoms with E-state index in [4.69, 9.17) is 5.73 Å². The van der Waals surface area contributed by atoms with E-state index in [0.29, 0.717) is 16.8 Å². The summed E-state index contributed by atoms with van der Waals surface area (Å²) in [4.78, 5) is 24.3. The minimum atomic E-state index is -0.647. The summed E-state index contributed by atoms with van der Waals surface area (Å²) in [6.07, 6.45) is 0. The zero-order chi connectivity index (χ0) is 19.3. The van der Waals surface area contributed by atoms with E-state index in [9.17, 15) is 14.0 Å². The van der Waals surface area contributed by atoms with Crippen LogP contribution in [0.3, 0.4) is 0 Å². The van der Waals surface area contributed by atoms with Gasteiger partial charge in [-0.1, -0.05) is 39.0 Å². The zero-order valence-electron chi connectivity index (χ0n) is 15.2. The molecular weight excluding hydrogens is 333 g/mol. The van der Waals surface area contributed by atoms with Crippen molar-refractivity contribution in [1.29, 1.82) is 0 Å². The average molecular weight is 357 g/mol. The van der Waals surface area contributed by atoms with Crippen molar-refractivity contribution in [3.05, 3.63) is 65.5 Å². The Morgan fingerprint density at radius 3 is 2.27 bits per heavy atom. The van der Waals surface area contributed by atoms with Crippen LogP contribution in [-0.2, 0) is 11.3 Å². The molecule has 0 fully saturated rings. The number of amides is 2. The van der Waals surface area contributed by atoms with Crippen molar-refractivity contribution in [2.45, 2.75) is 33.4 Å². The molecule has 0 aliphatic rings. The van der Waals surface area contributed by atoms with E-state index in [1.807, 2.05) is 20.8 Å². The van der Waals surface area contributed by atoms with Crippen molar-refractivity contribution in [2.24, 2.45) is 11.1 Å². The molecule has 0 saturated heterocycles. The number of rotatable bonds is 5. The second kappa shape index (κ2) is 8.10. The quantitative estimate of drug-likeness (QED) is 0.769. The number of carbonyl (C=O) groups is 2. The number of anilines is 1. The molecule has 2 aromatic carbocycles. The van der Waals surface area contributed by atoms with Crippen molar-refractivity contribution in [2.75, 3.05) is 5.32 Å². The second-order valence-corrected chi connectivity index (χ2v) is 7.18. The molecule has 2 rings (SSSR count). The first-order chi connectivity index (χ1) is 12.2. The van der Waals surface area contributed by atoms with Gasteiger partial charge in [-0.3, -0.25) is 9.59 Å². The Morgan fingerprint density at radius 2 is 1.69 bits per heavy atom. The van der Waals surface area contributed by atoms with Gasteiger partial charge in [0.1, 0.15) is 5.82 Å². The highest BCUT2D eigenvalue weighted by Gasteiger charge is 2.27. The molecule has 0 radical (unpaired) electrons. The van der Waals surface area contributed by atoms with Gasteiger partial charge >= 0.3 is 0 Å². The molecule has 6 heteroatoms. The van der Waals surface area contributed by atoms with E-state index >= 15 is 0 Å². The van der Waals surface area contributed by atoms with E-state index in [0.717, 1.165) is 0 Å². The largest absolute Gasteiger partial charge is 0.348 e. The molecule has 0 bridgehead atoms. The Balaban J connectivity index is 1.95. The summed E-state index contributed by atoms with van der Waals surface area (Å²) in [5.74, 6) is -0.965. The van der Waals surface area contributed by atoms with Gasteiger partial charge in [0, 0.05) is 23.4 Å². The fraction of sp³-hybridized carbons (Fsp3) is 0.300. The van der Waals surface area contributed by atoms with Crippen LogP contribution in [0.2, 0.25) is 0 Å². The fourth-order valence-corrected chi connectivity index (χ4v) is 2.24. The van der Waals surface area contributed by atoms with Crippen LogP contribution in [0.1, 0.15) is 36.7 Å². The molecule has 138 valence electrons. The molecule has 26 heavy (non-hydrogen) atoms. The van der Waals surface area contributed by atoms with E-state index in [1.54, 1.807) is 42.5 Å². The molecule has 4 N–H and O–H groups in total. The molecule has 0 aliphatic carbocycles. The average Bonchev–Trinajstić information content (AvgIpc) is 2.60. The van der Waals surface area contributed by atoms with Crippen LogP contribution in [-0.4, -0.2) is 17.9 Å². The number of benzene rings is 2. The van der Waals surface area contributed by atoms with Crippen LogP contribution >= 0.6 is 0 Å². The van der Waals surface area contributed by atoms with Gasteiger partial charge in [-0.25, -0.2) is 4.39 Å². The normalized spacial score (nSPS) is 12.3. The maximum Gasteiger partial charge on any atom is 0.251 e. The molecule has 0 saturated carbocycles. The summed E-state index contributed by atoms with van der Waals surface area (Å²) in [6, 6.07) is 12.1. The zero-order valence-corrected chi connectivity index (χ0v) is 15.2. The van der Waals surface area contributed by atoms with Crippen LogP contribution in [0, 0.1) is 11.2 Å². The monoisotopic (exact) mass is 357 g/mol. The predicted molar refractivity (Wildman–Crippen MR) is 100 cm³/mol. The first-order valence-corrected chi connectivity index (χ1v) is 8.36. The van der Waals surface area contributed by atoms with Crippen molar-refractivity contribution < 1.29 is 14.0 Å². The van der Waals surface area contributed by atoms with Crippen molar-refractivity contribution >= 4 is 17.5 Å². The van der Waals surface area contributed by atoms with Crippen molar-refractivity contribution in [1.82, 2.24) is 5.32 Å². The lowest BCUT2D eigenvalue weighted by molar-refractivity contribution is -0.119. The molecule has 0 aromatic heterocycles. The van der Waals surface area contributed by atoms with Gasteiger partial charge in [-0.2, -0.15) is 0 Å². The molecule has 0 aliphatic heterocycles. The van der Waals surface area contributed by atoms with Crippen LogP contribution in [0.25, 0.3) is 0 Å². The van der Waals surface area contributed by atoms with Gasteiger partial charge in [0.25, 0.3) is 5.91 Å². The third-order valence-electron chi connectivity index (χ3n) is 4.03. The summed E-state index contributed by atoms with van der Waals surface area (Å²) in [6.45, 7) is 5.77. The minimum absolute atomic E-state index is 0.102. The second-order valence-electron chi connectivity index (χ2n) is 7.18. The number of hydrogen-bond acceptors (Lipinski definition) is 3.